The molecule has 0 aliphatic rings. The number of carboxylic acid groups (broad SMARTS) is 1. The number of aliphatic carboxylic acids is 1. The lowest BCUT2D eigenvalue weighted by Gasteiger charge is -1.95. The first-order chi connectivity index (χ1) is 6.09. The van der Waals surface area contributed by atoms with E-state index in [4.69, 9.17) is 10.2 Å². The van der Waals surface area contributed by atoms with E-state index in [1.807, 2.05) is 6.07 Å². The molecule has 0 atom stereocenters. The van der Waals surface area contributed by atoms with E-state index in [1.165, 1.54) is 6.08 Å². The molecule has 1 rings (SSSR count). The van der Waals surface area contributed by atoms with Crippen molar-refractivity contribution in [3.05, 3.63) is 40.1 Å². The van der Waals surface area contributed by atoms with Gasteiger partial charge in [0.1, 0.15) is 0 Å². The fraction of sp³-hybridized carbons (Fsp3) is 0. The lowest BCUT2D eigenvalue weighted by Crippen LogP contribution is -1.98. The van der Waals surface area contributed by atoms with Crippen LogP contribution in [0.3, 0.4) is 0 Å². The van der Waals surface area contributed by atoms with E-state index >= 15 is 0 Å². The Balaban J connectivity index is 2.97. The van der Waals surface area contributed by atoms with Crippen LogP contribution < -0.4 is 0 Å². The first kappa shape index (κ1) is 9.80. The maximum Gasteiger partial charge on any atom is 0.370 e. The average Bonchev–Trinajstić information content (AvgIpc) is 2.04. The summed E-state index contributed by atoms with van der Waals surface area (Å²) in [5, 5.41) is 17.3. The summed E-state index contributed by atoms with van der Waals surface area (Å²) in [4.78, 5) is 10.3. The quantitative estimate of drug-likeness (QED) is 0.619. The Morgan fingerprint density at radius 1 is 1.38 bits per heavy atom. The van der Waals surface area contributed by atoms with Gasteiger partial charge in [-0.1, -0.05) is 28.1 Å². The van der Waals surface area contributed by atoms with Gasteiger partial charge in [0.2, 0.25) is 5.76 Å². The van der Waals surface area contributed by atoms with Crippen LogP contribution in [-0.2, 0) is 4.79 Å². The number of carboxylic acids is 1. The van der Waals surface area contributed by atoms with E-state index in [2.05, 4.69) is 15.9 Å². The van der Waals surface area contributed by atoms with Gasteiger partial charge in [0, 0.05) is 4.47 Å². The number of aliphatic hydroxyl groups is 1. The number of hydrogen-bond donors (Lipinski definition) is 2. The van der Waals surface area contributed by atoms with Crippen LogP contribution in [0, 0.1) is 0 Å². The van der Waals surface area contributed by atoms with Crippen LogP contribution in [-0.4, -0.2) is 16.2 Å². The molecule has 2 N–H and O–H groups in total. The van der Waals surface area contributed by atoms with Crippen molar-refractivity contribution in [1.29, 1.82) is 0 Å². The summed E-state index contributed by atoms with van der Waals surface area (Å²) in [5.74, 6) is -2.00. The van der Waals surface area contributed by atoms with E-state index in [0.717, 1.165) is 4.47 Å². The van der Waals surface area contributed by atoms with Crippen molar-refractivity contribution in [3.8, 4) is 0 Å². The minimum Gasteiger partial charge on any atom is -0.502 e. The highest BCUT2D eigenvalue weighted by Crippen LogP contribution is 2.13. The largest absolute Gasteiger partial charge is 0.502 e. The normalized spacial score (nSPS) is 11.3. The molecule has 1 aromatic carbocycles. The molecule has 1 aromatic rings. The zero-order valence-corrected chi connectivity index (χ0v) is 8.15. The molecular weight excluding hydrogens is 236 g/mol. The second-order valence-corrected chi connectivity index (χ2v) is 3.31. The van der Waals surface area contributed by atoms with Crippen LogP contribution in [0.1, 0.15) is 5.56 Å². The molecule has 0 heterocycles. The zero-order valence-electron chi connectivity index (χ0n) is 6.57. The Bertz CT molecular complexity index is 358. The maximum atomic E-state index is 10.3. The van der Waals surface area contributed by atoms with Crippen molar-refractivity contribution >= 4 is 28.0 Å². The Hall–Kier alpha value is -1.29. The molecule has 0 amide bonds. The standard InChI is InChI=1S/C9H7BrO3/c10-7-3-1-2-6(4-7)5-8(11)9(12)13/h1-5,11H,(H,12,13). The lowest BCUT2D eigenvalue weighted by molar-refractivity contribution is -0.135. The summed E-state index contributed by atoms with van der Waals surface area (Å²) < 4.78 is 0.833. The monoisotopic (exact) mass is 242 g/mol. The Morgan fingerprint density at radius 3 is 2.62 bits per heavy atom. The third-order valence-electron chi connectivity index (χ3n) is 1.37. The van der Waals surface area contributed by atoms with Gasteiger partial charge in [0.15, 0.2) is 0 Å². The number of halogens is 1. The number of benzene rings is 1. The Labute approximate surface area is 83.5 Å². The minimum absolute atomic E-state index is 0.634. The number of carbonyl (C=O) groups is 1. The molecule has 0 radical (unpaired) electrons. The fourth-order valence-corrected chi connectivity index (χ4v) is 1.23. The van der Waals surface area contributed by atoms with Gasteiger partial charge < -0.3 is 10.2 Å². The molecule has 13 heavy (non-hydrogen) atoms. The van der Waals surface area contributed by atoms with E-state index < -0.39 is 11.7 Å². The summed E-state index contributed by atoms with van der Waals surface area (Å²) in [5.41, 5.74) is 0.634. The summed E-state index contributed by atoms with van der Waals surface area (Å²) in [6.07, 6.45) is 1.19. The zero-order chi connectivity index (χ0) is 9.84. The summed E-state index contributed by atoms with van der Waals surface area (Å²) in [6.45, 7) is 0. The highest BCUT2D eigenvalue weighted by Gasteiger charge is 2.02. The molecule has 0 aliphatic carbocycles. The molecule has 0 fully saturated rings. The van der Waals surface area contributed by atoms with Crippen LogP contribution in [0.4, 0.5) is 0 Å². The number of hydrogen-bond acceptors (Lipinski definition) is 2. The lowest BCUT2D eigenvalue weighted by atomic mass is 10.2. The minimum atomic E-state index is -1.33. The molecule has 0 saturated carbocycles. The molecule has 0 spiro atoms. The highest BCUT2D eigenvalue weighted by atomic mass is 79.9. The van der Waals surface area contributed by atoms with E-state index in [1.54, 1.807) is 18.2 Å². The van der Waals surface area contributed by atoms with Crippen LogP contribution in [0.2, 0.25) is 0 Å². The Kier molecular flexibility index (Phi) is 3.08. The summed E-state index contributed by atoms with van der Waals surface area (Å²) in [7, 11) is 0. The van der Waals surface area contributed by atoms with E-state index in [9.17, 15) is 4.79 Å². The second kappa shape index (κ2) is 4.09. The highest BCUT2D eigenvalue weighted by molar-refractivity contribution is 9.10. The first-order valence-electron chi connectivity index (χ1n) is 3.49. The number of rotatable bonds is 2. The fourth-order valence-electron chi connectivity index (χ4n) is 0.816. The van der Waals surface area contributed by atoms with Crippen LogP contribution >= 0.6 is 15.9 Å². The van der Waals surface area contributed by atoms with Crippen molar-refractivity contribution in [3.63, 3.8) is 0 Å². The smallest absolute Gasteiger partial charge is 0.370 e. The van der Waals surface area contributed by atoms with Gasteiger partial charge in [-0.25, -0.2) is 4.79 Å². The first-order valence-corrected chi connectivity index (χ1v) is 4.28. The predicted octanol–water partition coefficient (Wildman–Crippen LogP) is 2.43. The molecule has 0 aliphatic heterocycles. The molecule has 0 bridgehead atoms. The van der Waals surface area contributed by atoms with Gasteiger partial charge in [-0.2, -0.15) is 0 Å². The van der Waals surface area contributed by atoms with E-state index in [-0.39, 0.29) is 0 Å². The molecule has 3 nitrogen and oxygen atoms in total. The van der Waals surface area contributed by atoms with Crippen LogP contribution in [0.25, 0.3) is 6.08 Å². The van der Waals surface area contributed by atoms with Gasteiger partial charge >= 0.3 is 5.97 Å². The number of aliphatic hydroxyl groups excluding tert-OH is 1. The van der Waals surface area contributed by atoms with Gasteiger partial charge in [-0.05, 0) is 23.8 Å². The molecular formula is C9H7BrO3. The summed E-state index contributed by atoms with van der Waals surface area (Å²) >= 11 is 3.23. The third kappa shape index (κ3) is 2.91. The van der Waals surface area contributed by atoms with E-state index in [0.29, 0.717) is 5.56 Å². The molecule has 0 aromatic heterocycles. The van der Waals surface area contributed by atoms with Crippen molar-refractivity contribution < 1.29 is 15.0 Å². The third-order valence-corrected chi connectivity index (χ3v) is 1.86. The molecule has 0 unspecified atom stereocenters. The second-order valence-electron chi connectivity index (χ2n) is 2.39. The van der Waals surface area contributed by atoms with Gasteiger partial charge in [0.25, 0.3) is 0 Å². The van der Waals surface area contributed by atoms with Crippen LogP contribution in [0.5, 0.6) is 0 Å². The molecule has 4 heteroatoms. The van der Waals surface area contributed by atoms with Crippen LogP contribution in [0.15, 0.2) is 34.5 Å². The van der Waals surface area contributed by atoms with Crippen molar-refractivity contribution in [2.24, 2.45) is 0 Å². The van der Waals surface area contributed by atoms with Crippen molar-refractivity contribution in [2.75, 3.05) is 0 Å². The SMILES string of the molecule is O=C(O)C(O)=Cc1cccc(Br)c1. The molecule has 0 saturated heterocycles. The maximum absolute atomic E-state index is 10.3. The predicted molar refractivity (Wildman–Crippen MR) is 52.4 cm³/mol. The van der Waals surface area contributed by atoms with Gasteiger partial charge in [-0.3, -0.25) is 0 Å². The van der Waals surface area contributed by atoms with Gasteiger partial charge in [-0.15, -0.1) is 0 Å². The Morgan fingerprint density at radius 2 is 2.08 bits per heavy atom. The van der Waals surface area contributed by atoms with Gasteiger partial charge in [0.05, 0.1) is 0 Å². The topological polar surface area (TPSA) is 57.5 Å². The average molecular weight is 243 g/mol. The van der Waals surface area contributed by atoms with Crippen molar-refractivity contribution in [1.82, 2.24) is 0 Å². The molecule has 68 valence electrons. The van der Waals surface area contributed by atoms with Crippen molar-refractivity contribution in [2.45, 2.75) is 0 Å². The summed E-state index contributed by atoms with van der Waals surface area (Å²) in [6, 6.07) is 6.98.